The van der Waals surface area contributed by atoms with E-state index in [1.165, 1.54) is 60.3 Å². The second-order valence-electron chi connectivity index (χ2n) is 12.0. The Morgan fingerprint density at radius 1 is 0.523 bits per heavy atom. The molecule has 0 radical (unpaired) electrons. The molecule has 0 fully saturated rings. The van der Waals surface area contributed by atoms with Crippen LogP contribution in [0.5, 0.6) is 0 Å². The van der Waals surface area contributed by atoms with Crippen molar-refractivity contribution >= 4 is 89.4 Å². The molecule has 3 nitrogen and oxygen atoms in total. The standard InChI is InChI=1S/C40H23BN2O/c1-2-12-25(13-3-1)42-34-22-21-24-11-4-5-14-26(24)36(34)41-37-31(23-32-28-16-7-9-20-35(28)44-40(32)39(37)42)30-18-10-17-29-27-15-6-8-19-33(27)43(41)38(29)30/h1-23H. The fourth-order valence-corrected chi connectivity index (χ4v) is 8.25. The van der Waals surface area contributed by atoms with Crippen molar-refractivity contribution in [2.24, 2.45) is 0 Å². The summed E-state index contributed by atoms with van der Waals surface area (Å²) < 4.78 is 9.48. The van der Waals surface area contributed by atoms with Crippen LogP contribution in [-0.2, 0) is 0 Å². The van der Waals surface area contributed by atoms with Crippen LogP contribution in [-0.4, -0.2) is 11.3 Å². The van der Waals surface area contributed by atoms with Crippen LogP contribution in [0.1, 0.15) is 0 Å². The van der Waals surface area contributed by atoms with E-state index in [0.717, 1.165) is 33.3 Å². The highest BCUT2D eigenvalue weighted by atomic mass is 16.3. The maximum absolute atomic E-state index is 6.86. The Bertz CT molecular complexity index is 2680. The monoisotopic (exact) mass is 558 g/mol. The molecule has 11 rings (SSSR count). The van der Waals surface area contributed by atoms with Crippen LogP contribution in [0, 0.1) is 0 Å². The number of furan rings is 1. The first kappa shape index (κ1) is 22.8. The summed E-state index contributed by atoms with van der Waals surface area (Å²) in [5.74, 6) is 0. The first-order valence-corrected chi connectivity index (χ1v) is 15.2. The fourth-order valence-electron chi connectivity index (χ4n) is 8.25. The van der Waals surface area contributed by atoms with Gasteiger partial charge in [-0.2, -0.15) is 0 Å². The predicted molar refractivity (Wildman–Crippen MR) is 185 cm³/mol. The van der Waals surface area contributed by atoms with E-state index in [4.69, 9.17) is 4.42 Å². The van der Waals surface area contributed by atoms with Crippen molar-refractivity contribution in [1.82, 2.24) is 4.48 Å². The molecule has 0 unspecified atom stereocenters. The molecule has 0 atom stereocenters. The summed E-state index contributed by atoms with van der Waals surface area (Å²) in [6.45, 7) is -0.0315. The zero-order valence-corrected chi connectivity index (χ0v) is 23.7. The van der Waals surface area contributed by atoms with E-state index in [1.807, 2.05) is 0 Å². The van der Waals surface area contributed by atoms with Crippen LogP contribution in [0.2, 0.25) is 0 Å². The van der Waals surface area contributed by atoms with Gasteiger partial charge in [-0.1, -0.05) is 103 Å². The lowest BCUT2D eigenvalue weighted by molar-refractivity contribution is 0.669. The van der Waals surface area contributed by atoms with E-state index in [-0.39, 0.29) is 6.85 Å². The molecule has 7 aromatic carbocycles. The number of nitrogens with zero attached hydrogens (tertiary/aromatic N) is 2. The van der Waals surface area contributed by atoms with Crippen LogP contribution < -0.4 is 15.8 Å². The molecule has 4 heteroatoms. The minimum atomic E-state index is -0.0315. The normalized spacial score (nSPS) is 13.4. The zero-order valence-electron chi connectivity index (χ0n) is 23.7. The molecule has 44 heavy (non-hydrogen) atoms. The van der Waals surface area contributed by atoms with Gasteiger partial charge in [-0.25, -0.2) is 0 Å². The van der Waals surface area contributed by atoms with E-state index < -0.39 is 0 Å². The molecule has 2 aliphatic rings. The highest BCUT2D eigenvalue weighted by Gasteiger charge is 2.45. The maximum atomic E-state index is 6.86. The van der Waals surface area contributed by atoms with Gasteiger partial charge in [0.1, 0.15) is 5.58 Å². The molecule has 202 valence electrons. The van der Waals surface area contributed by atoms with Crippen molar-refractivity contribution in [3.05, 3.63) is 140 Å². The summed E-state index contributed by atoms with van der Waals surface area (Å²) in [6.07, 6.45) is 0. The summed E-state index contributed by atoms with van der Waals surface area (Å²) in [6, 6.07) is 50.8. The average Bonchev–Trinajstić information content (AvgIpc) is 3.63. The molecule has 0 N–H and O–H groups in total. The minimum absolute atomic E-state index is 0.0315. The van der Waals surface area contributed by atoms with Crippen molar-refractivity contribution in [2.45, 2.75) is 0 Å². The highest BCUT2D eigenvalue weighted by Crippen LogP contribution is 2.49. The summed E-state index contributed by atoms with van der Waals surface area (Å²) >= 11 is 0. The zero-order chi connectivity index (χ0) is 28.5. The summed E-state index contributed by atoms with van der Waals surface area (Å²) in [5, 5.41) is 7.42. The number of aromatic nitrogens is 1. The number of hydrogen-bond acceptors (Lipinski definition) is 2. The largest absolute Gasteiger partial charge is 0.454 e. The van der Waals surface area contributed by atoms with Gasteiger partial charge in [-0.15, -0.1) is 0 Å². The Hall–Kier alpha value is -5.74. The summed E-state index contributed by atoms with van der Waals surface area (Å²) in [7, 11) is 0. The number of fused-ring (bicyclic) bond motifs is 13. The first-order chi connectivity index (χ1) is 21.9. The Morgan fingerprint density at radius 3 is 2.18 bits per heavy atom. The molecule has 0 saturated carbocycles. The van der Waals surface area contributed by atoms with E-state index in [1.54, 1.807) is 0 Å². The Labute approximate surface area is 253 Å². The molecule has 0 saturated heterocycles. The first-order valence-electron chi connectivity index (χ1n) is 15.2. The minimum Gasteiger partial charge on any atom is -0.454 e. The Balaban J connectivity index is 1.44. The average molecular weight is 558 g/mol. The lowest BCUT2D eigenvalue weighted by Gasteiger charge is -2.40. The molecule has 9 aromatic rings. The van der Waals surface area contributed by atoms with Crippen molar-refractivity contribution in [1.29, 1.82) is 0 Å². The topological polar surface area (TPSA) is 21.3 Å². The van der Waals surface area contributed by atoms with E-state index in [2.05, 4.69) is 149 Å². The second-order valence-corrected chi connectivity index (χ2v) is 12.0. The van der Waals surface area contributed by atoms with Crippen molar-refractivity contribution < 1.29 is 4.42 Å². The van der Waals surface area contributed by atoms with Crippen LogP contribution in [0.15, 0.2) is 144 Å². The van der Waals surface area contributed by atoms with Gasteiger partial charge in [-0.05, 0) is 63.7 Å². The molecule has 4 heterocycles. The van der Waals surface area contributed by atoms with Gasteiger partial charge >= 0.3 is 6.85 Å². The number of benzene rings is 7. The highest BCUT2D eigenvalue weighted by molar-refractivity contribution is 6.92. The number of hydrogen-bond donors (Lipinski definition) is 0. The molecule has 2 aliphatic heterocycles. The van der Waals surface area contributed by atoms with Gasteiger partial charge in [0.2, 0.25) is 0 Å². The number of anilines is 3. The third-order valence-electron chi connectivity index (χ3n) is 9.94. The summed E-state index contributed by atoms with van der Waals surface area (Å²) in [5.41, 5.74) is 13.0. The molecule has 0 amide bonds. The van der Waals surface area contributed by atoms with Crippen molar-refractivity contribution in [2.75, 3.05) is 4.90 Å². The molecular formula is C40H23BN2O. The van der Waals surface area contributed by atoms with Gasteiger partial charge in [-0.3, -0.25) is 0 Å². The number of para-hydroxylation sites is 4. The van der Waals surface area contributed by atoms with Crippen LogP contribution in [0.4, 0.5) is 17.1 Å². The van der Waals surface area contributed by atoms with E-state index >= 15 is 0 Å². The fraction of sp³-hybridized carbons (Fsp3) is 0. The van der Waals surface area contributed by atoms with Gasteiger partial charge < -0.3 is 13.8 Å². The van der Waals surface area contributed by atoms with E-state index in [9.17, 15) is 0 Å². The molecular weight excluding hydrogens is 535 g/mol. The van der Waals surface area contributed by atoms with Gasteiger partial charge in [0.15, 0.2) is 5.58 Å². The molecule has 0 aliphatic carbocycles. The number of rotatable bonds is 1. The third kappa shape index (κ3) is 2.66. The lowest BCUT2D eigenvalue weighted by Crippen LogP contribution is -2.57. The van der Waals surface area contributed by atoms with Crippen molar-refractivity contribution in [3.8, 4) is 11.1 Å². The van der Waals surface area contributed by atoms with Gasteiger partial charge in [0.25, 0.3) is 0 Å². The van der Waals surface area contributed by atoms with Crippen LogP contribution >= 0.6 is 0 Å². The second kappa shape index (κ2) is 8.00. The summed E-state index contributed by atoms with van der Waals surface area (Å²) in [4.78, 5) is 2.46. The third-order valence-corrected chi connectivity index (χ3v) is 9.94. The SMILES string of the molecule is c1ccc(N2c3ccc4ccccc4c3B3c4c(cc5c(oc6ccccc65)c42)-c2cccc4c5ccccc5n3c24)cc1. The van der Waals surface area contributed by atoms with Gasteiger partial charge in [0.05, 0.1) is 5.69 Å². The van der Waals surface area contributed by atoms with Crippen molar-refractivity contribution in [3.63, 3.8) is 0 Å². The smallest absolute Gasteiger partial charge is 0.333 e. The maximum Gasteiger partial charge on any atom is 0.333 e. The Kier molecular flexibility index (Phi) is 4.15. The Morgan fingerprint density at radius 2 is 1.27 bits per heavy atom. The van der Waals surface area contributed by atoms with Gasteiger partial charge in [0, 0.05) is 49.5 Å². The lowest BCUT2D eigenvalue weighted by atomic mass is 9.44. The van der Waals surface area contributed by atoms with Crippen LogP contribution in [0.25, 0.3) is 65.6 Å². The molecule has 0 spiro atoms. The molecule has 0 bridgehead atoms. The van der Waals surface area contributed by atoms with Crippen LogP contribution in [0.3, 0.4) is 0 Å². The predicted octanol–water partition coefficient (Wildman–Crippen LogP) is 9.26. The quantitative estimate of drug-likeness (QED) is 0.187. The van der Waals surface area contributed by atoms with E-state index in [0.29, 0.717) is 0 Å². The molecule has 2 aromatic heterocycles.